The standard InChI is InChI=1S/C10H10F4N2O/c11-8(12)10(13,14)9(17)16-7-3-1-6(5-15)2-4-7/h1-4,8H,5,15H2,(H,16,17). The van der Waals surface area contributed by atoms with Crippen LogP contribution in [0.1, 0.15) is 5.56 Å². The van der Waals surface area contributed by atoms with Crippen LogP contribution in [0.15, 0.2) is 24.3 Å². The molecule has 3 nitrogen and oxygen atoms in total. The van der Waals surface area contributed by atoms with Crippen LogP contribution in [0.2, 0.25) is 0 Å². The van der Waals surface area contributed by atoms with Gasteiger partial charge in [-0.3, -0.25) is 4.79 Å². The molecule has 0 aliphatic carbocycles. The first-order valence-corrected chi connectivity index (χ1v) is 4.64. The maximum Gasteiger partial charge on any atom is 0.383 e. The topological polar surface area (TPSA) is 55.1 Å². The van der Waals surface area contributed by atoms with E-state index in [0.717, 1.165) is 5.56 Å². The number of benzene rings is 1. The summed E-state index contributed by atoms with van der Waals surface area (Å²) in [5.74, 6) is -6.74. The summed E-state index contributed by atoms with van der Waals surface area (Å²) < 4.78 is 48.9. The summed E-state index contributed by atoms with van der Waals surface area (Å²) >= 11 is 0. The van der Waals surface area contributed by atoms with Crippen LogP contribution in [-0.4, -0.2) is 18.3 Å². The molecule has 1 aromatic rings. The maximum atomic E-state index is 12.6. The van der Waals surface area contributed by atoms with E-state index in [4.69, 9.17) is 5.73 Å². The van der Waals surface area contributed by atoms with Crippen molar-refractivity contribution in [2.45, 2.75) is 18.9 Å². The van der Waals surface area contributed by atoms with Crippen molar-refractivity contribution in [3.8, 4) is 0 Å². The van der Waals surface area contributed by atoms with Crippen LogP contribution in [-0.2, 0) is 11.3 Å². The molecule has 7 heteroatoms. The summed E-state index contributed by atoms with van der Waals surface area (Å²) in [7, 11) is 0. The smallest absolute Gasteiger partial charge is 0.326 e. The molecule has 1 rings (SSSR count). The van der Waals surface area contributed by atoms with E-state index in [2.05, 4.69) is 0 Å². The molecular weight excluding hydrogens is 240 g/mol. The molecule has 0 radical (unpaired) electrons. The number of hydrogen-bond donors (Lipinski definition) is 2. The first-order chi connectivity index (χ1) is 7.87. The van der Waals surface area contributed by atoms with Crippen LogP contribution < -0.4 is 11.1 Å². The highest BCUT2D eigenvalue weighted by atomic mass is 19.3. The van der Waals surface area contributed by atoms with Crippen LogP contribution in [0.3, 0.4) is 0 Å². The van der Waals surface area contributed by atoms with Crippen LogP contribution in [0.4, 0.5) is 23.2 Å². The lowest BCUT2D eigenvalue weighted by Crippen LogP contribution is -2.40. The van der Waals surface area contributed by atoms with E-state index in [0.29, 0.717) is 0 Å². The molecule has 0 saturated carbocycles. The fourth-order valence-electron chi connectivity index (χ4n) is 1.04. The molecule has 0 heterocycles. The van der Waals surface area contributed by atoms with Gasteiger partial charge in [0.25, 0.3) is 0 Å². The summed E-state index contributed by atoms with van der Waals surface area (Å²) in [6.45, 7) is 0.251. The second kappa shape index (κ2) is 5.13. The van der Waals surface area contributed by atoms with E-state index in [9.17, 15) is 22.4 Å². The Balaban J connectivity index is 2.74. The maximum absolute atomic E-state index is 12.6. The third-order valence-corrected chi connectivity index (χ3v) is 2.02. The molecule has 0 aromatic heterocycles. The minimum absolute atomic E-state index is 0.00697. The number of anilines is 1. The third-order valence-electron chi connectivity index (χ3n) is 2.02. The van der Waals surface area contributed by atoms with Crippen molar-refractivity contribution in [3.63, 3.8) is 0 Å². The lowest BCUT2D eigenvalue weighted by atomic mass is 10.2. The van der Waals surface area contributed by atoms with Gasteiger partial charge in [0, 0.05) is 12.2 Å². The van der Waals surface area contributed by atoms with Crippen molar-refractivity contribution >= 4 is 11.6 Å². The molecule has 1 aromatic carbocycles. The van der Waals surface area contributed by atoms with Gasteiger partial charge in [-0.15, -0.1) is 0 Å². The Labute approximate surface area is 94.6 Å². The Morgan fingerprint density at radius 1 is 1.29 bits per heavy atom. The number of halogens is 4. The molecule has 3 N–H and O–H groups in total. The van der Waals surface area contributed by atoms with Gasteiger partial charge in [0.1, 0.15) is 0 Å². The second-order valence-electron chi connectivity index (χ2n) is 3.28. The number of nitrogens with two attached hydrogens (primary N) is 1. The number of alkyl halides is 4. The lowest BCUT2D eigenvalue weighted by Gasteiger charge is -2.14. The van der Waals surface area contributed by atoms with Gasteiger partial charge in [-0.1, -0.05) is 12.1 Å². The number of carbonyl (C=O) groups excluding carboxylic acids is 1. The first-order valence-electron chi connectivity index (χ1n) is 4.64. The SMILES string of the molecule is NCc1ccc(NC(=O)C(F)(F)C(F)F)cc1. The molecule has 94 valence electrons. The Hall–Kier alpha value is -1.63. The summed E-state index contributed by atoms with van der Waals surface area (Å²) in [6.07, 6.45) is -4.04. The molecule has 0 bridgehead atoms. The zero-order valence-corrected chi connectivity index (χ0v) is 8.59. The van der Waals surface area contributed by atoms with Crippen molar-refractivity contribution in [3.05, 3.63) is 29.8 Å². The van der Waals surface area contributed by atoms with Crippen molar-refractivity contribution < 1.29 is 22.4 Å². The minimum atomic E-state index is -4.70. The summed E-state index contributed by atoms with van der Waals surface area (Å²) in [5, 5.41) is 1.71. The van der Waals surface area contributed by atoms with Crippen LogP contribution in [0.25, 0.3) is 0 Å². The van der Waals surface area contributed by atoms with E-state index in [1.54, 1.807) is 5.32 Å². The quantitative estimate of drug-likeness (QED) is 0.803. The molecular formula is C10H10F4N2O. The number of amides is 1. The molecule has 1 amide bonds. The molecule has 0 aliphatic rings. The van der Waals surface area contributed by atoms with E-state index >= 15 is 0 Å². The van der Waals surface area contributed by atoms with Gasteiger partial charge in [0.05, 0.1) is 0 Å². The molecule has 17 heavy (non-hydrogen) atoms. The molecule has 0 aliphatic heterocycles. The monoisotopic (exact) mass is 250 g/mol. The minimum Gasteiger partial charge on any atom is -0.326 e. The Morgan fingerprint density at radius 3 is 2.24 bits per heavy atom. The molecule has 0 unspecified atom stereocenters. The number of rotatable bonds is 4. The highest BCUT2D eigenvalue weighted by Crippen LogP contribution is 2.24. The lowest BCUT2D eigenvalue weighted by molar-refractivity contribution is -0.163. The van der Waals surface area contributed by atoms with Gasteiger partial charge in [-0.2, -0.15) is 8.78 Å². The van der Waals surface area contributed by atoms with E-state index in [1.165, 1.54) is 24.3 Å². The van der Waals surface area contributed by atoms with E-state index in [-0.39, 0.29) is 12.2 Å². The first kappa shape index (κ1) is 13.4. The number of nitrogens with one attached hydrogen (secondary N) is 1. The Bertz CT molecular complexity index is 392. The highest BCUT2D eigenvalue weighted by Gasteiger charge is 2.48. The van der Waals surface area contributed by atoms with Crippen LogP contribution >= 0.6 is 0 Å². The number of hydrogen-bond acceptors (Lipinski definition) is 2. The Morgan fingerprint density at radius 2 is 1.82 bits per heavy atom. The molecule has 0 spiro atoms. The van der Waals surface area contributed by atoms with Crippen molar-refractivity contribution in [1.82, 2.24) is 0 Å². The van der Waals surface area contributed by atoms with Gasteiger partial charge in [0.2, 0.25) is 0 Å². The van der Waals surface area contributed by atoms with Crippen LogP contribution in [0, 0.1) is 0 Å². The predicted octanol–water partition coefficient (Wildman–Crippen LogP) is 1.98. The normalized spacial score (nSPS) is 11.6. The highest BCUT2D eigenvalue weighted by molar-refractivity contribution is 5.96. The van der Waals surface area contributed by atoms with E-state index in [1.807, 2.05) is 0 Å². The fourth-order valence-corrected chi connectivity index (χ4v) is 1.04. The van der Waals surface area contributed by atoms with Gasteiger partial charge < -0.3 is 11.1 Å². The van der Waals surface area contributed by atoms with Gasteiger partial charge in [-0.05, 0) is 17.7 Å². The second-order valence-corrected chi connectivity index (χ2v) is 3.28. The van der Waals surface area contributed by atoms with Gasteiger partial charge in [-0.25, -0.2) is 8.78 Å². The predicted molar refractivity (Wildman–Crippen MR) is 53.9 cm³/mol. The summed E-state index contributed by atoms with van der Waals surface area (Å²) in [5.41, 5.74) is 6.04. The average Bonchev–Trinajstić information content (AvgIpc) is 2.29. The van der Waals surface area contributed by atoms with Crippen molar-refractivity contribution in [2.75, 3.05) is 5.32 Å². The Kier molecular flexibility index (Phi) is 4.06. The average molecular weight is 250 g/mol. The summed E-state index contributed by atoms with van der Waals surface area (Å²) in [4.78, 5) is 10.9. The van der Waals surface area contributed by atoms with Crippen molar-refractivity contribution in [1.29, 1.82) is 0 Å². The third kappa shape index (κ3) is 3.16. The largest absolute Gasteiger partial charge is 0.383 e. The zero-order chi connectivity index (χ0) is 13.1. The van der Waals surface area contributed by atoms with Crippen molar-refractivity contribution in [2.24, 2.45) is 5.73 Å². The van der Waals surface area contributed by atoms with Gasteiger partial charge in [0.15, 0.2) is 0 Å². The summed E-state index contributed by atoms with van der Waals surface area (Å²) in [6, 6.07) is 5.61. The molecule has 0 saturated heterocycles. The van der Waals surface area contributed by atoms with E-state index < -0.39 is 18.3 Å². The molecule has 0 atom stereocenters. The van der Waals surface area contributed by atoms with Gasteiger partial charge >= 0.3 is 18.3 Å². The zero-order valence-electron chi connectivity index (χ0n) is 8.59. The fraction of sp³-hybridized carbons (Fsp3) is 0.300. The molecule has 0 fully saturated rings. The van der Waals surface area contributed by atoms with Crippen LogP contribution in [0.5, 0.6) is 0 Å². The number of carbonyl (C=O) groups is 1.